The monoisotopic (exact) mass is 490 g/mol. The number of carbonyl (C=O) groups excluding carboxylic acids is 1. The van der Waals surface area contributed by atoms with Crippen LogP contribution in [0.3, 0.4) is 0 Å². The molecule has 0 unspecified atom stereocenters. The highest BCUT2D eigenvalue weighted by Crippen LogP contribution is 2.42. The minimum atomic E-state index is -3.72. The summed E-state index contributed by atoms with van der Waals surface area (Å²) in [5, 5.41) is 4.49. The molecule has 0 radical (unpaired) electrons. The molecule has 2 aliphatic heterocycles. The van der Waals surface area contributed by atoms with Gasteiger partial charge >= 0.3 is 6.29 Å². The van der Waals surface area contributed by atoms with Crippen LogP contribution >= 0.6 is 0 Å². The predicted octanol–water partition coefficient (Wildman–Crippen LogP) is 1.69. The van der Waals surface area contributed by atoms with Crippen LogP contribution in [0.4, 0.5) is 14.5 Å². The molecule has 34 heavy (non-hydrogen) atoms. The zero-order valence-electron chi connectivity index (χ0n) is 18.0. The van der Waals surface area contributed by atoms with Gasteiger partial charge in [0.1, 0.15) is 0 Å². The summed E-state index contributed by atoms with van der Waals surface area (Å²) < 4.78 is 62.7. The van der Waals surface area contributed by atoms with Gasteiger partial charge in [-0.25, -0.2) is 8.42 Å². The van der Waals surface area contributed by atoms with Crippen LogP contribution in [-0.2, 0) is 14.8 Å². The van der Waals surface area contributed by atoms with Crippen molar-refractivity contribution in [1.29, 1.82) is 0 Å². The lowest BCUT2D eigenvalue weighted by atomic mass is 10.1. The fraction of sp³-hybridized carbons (Fsp3) is 0.261. The summed E-state index contributed by atoms with van der Waals surface area (Å²) in [5.41, 5.74) is 0.307. The standard InChI is InChI=1S/C23H21F2N3O5S/c24-23(25)32-20-8-6-18(14-21(20)33-23)26-22(29)15-27-9-11-28(12-10-27)34(30,31)19-7-5-16-3-1-2-4-17(16)13-19/h1-8,13-14H,9-12,15H2,(H,26,29)/p+1. The number of nitrogens with zero attached hydrogens (tertiary/aromatic N) is 1. The van der Waals surface area contributed by atoms with Crippen LogP contribution in [0.2, 0.25) is 0 Å². The number of piperazine rings is 1. The highest BCUT2D eigenvalue weighted by atomic mass is 32.2. The molecule has 0 aliphatic carbocycles. The van der Waals surface area contributed by atoms with Gasteiger partial charge < -0.3 is 19.7 Å². The molecule has 2 N–H and O–H groups in total. The van der Waals surface area contributed by atoms with Crippen molar-refractivity contribution in [2.75, 3.05) is 38.0 Å². The molecule has 8 nitrogen and oxygen atoms in total. The maximum Gasteiger partial charge on any atom is 0.586 e. The average molecular weight is 491 g/mol. The molecular formula is C23H22F2N3O5S+. The van der Waals surface area contributed by atoms with Gasteiger partial charge in [0.15, 0.2) is 18.0 Å². The van der Waals surface area contributed by atoms with Crippen molar-refractivity contribution in [3.8, 4) is 11.5 Å². The first-order chi connectivity index (χ1) is 16.2. The van der Waals surface area contributed by atoms with Crippen molar-refractivity contribution in [1.82, 2.24) is 4.31 Å². The Hall–Kier alpha value is -3.28. The summed E-state index contributed by atoms with van der Waals surface area (Å²) in [5.74, 6) is -0.563. The Labute approximate surface area is 194 Å². The molecule has 0 bridgehead atoms. The lowest BCUT2D eigenvalue weighted by Gasteiger charge is -2.31. The summed E-state index contributed by atoms with van der Waals surface area (Å²) in [6.07, 6.45) is -3.72. The topological polar surface area (TPSA) is 89.4 Å². The Morgan fingerprint density at radius 3 is 2.44 bits per heavy atom. The number of sulfonamides is 1. The van der Waals surface area contributed by atoms with Crippen LogP contribution in [-0.4, -0.2) is 57.6 Å². The molecule has 3 aromatic rings. The molecule has 3 aromatic carbocycles. The Bertz CT molecular complexity index is 1360. The number of anilines is 1. The van der Waals surface area contributed by atoms with E-state index in [2.05, 4.69) is 14.8 Å². The van der Waals surface area contributed by atoms with Crippen LogP contribution in [0, 0.1) is 0 Å². The summed E-state index contributed by atoms with van der Waals surface area (Å²) in [6.45, 7) is 1.63. The SMILES string of the molecule is O=C(C[NH+]1CCN(S(=O)(=O)c2ccc3ccccc3c2)CC1)Nc1ccc2c(c1)OC(F)(F)O2. The van der Waals surface area contributed by atoms with E-state index in [0.717, 1.165) is 15.7 Å². The Kier molecular flexibility index (Phi) is 5.62. The smallest absolute Gasteiger partial charge is 0.395 e. The highest BCUT2D eigenvalue weighted by molar-refractivity contribution is 7.89. The summed E-state index contributed by atoms with van der Waals surface area (Å²) in [4.78, 5) is 13.6. The maximum absolute atomic E-state index is 13.2. The van der Waals surface area contributed by atoms with E-state index in [4.69, 9.17) is 0 Å². The number of carbonyl (C=O) groups is 1. The molecule has 11 heteroatoms. The van der Waals surface area contributed by atoms with Gasteiger partial charge in [-0.1, -0.05) is 30.3 Å². The number of alkyl halides is 2. The number of rotatable bonds is 5. The number of fused-ring (bicyclic) bond motifs is 2. The van der Waals surface area contributed by atoms with Gasteiger partial charge in [-0.15, -0.1) is 8.78 Å². The third-order valence-electron chi connectivity index (χ3n) is 5.88. The van der Waals surface area contributed by atoms with Crippen molar-refractivity contribution in [2.24, 2.45) is 0 Å². The molecule has 5 rings (SSSR count). The van der Waals surface area contributed by atoms with Crippen molar-refractivity contribution in [3.63, 3.8) is 0 Å². The number of hydrogen-bond acceptors (Lipinski definition) is 5. The first-order valence-corrected chi connectivity index (χ1v) is 12.2. The zero-order valence-corrected chi connectivity index (χ0v) is 18.8. The summed E-state index contributed by atoms with van der Waals surface area (Å²) >= 11 is 0. The van der Waals surface area contributed by atoms with Gasteiger partial charge in [0, 0.05) is 11.8 Å². The quantitative estimate of drug-likeness (QED) is 0.568. The summed E-state index contributed by atoms with van der Waals surface area (Å²) in [6, 6.07) is 16.7. The van der Waals surface area contributed by atoms with Crippen LogP contribution in [0.25, 0.3) is 10.8 Å². The fourth-order valence-electron chi connectivity index (χ4n) is 4.16. The van der Waals surface area contributed by atoms with Gasteiger partial charge in [0.05, 0.1) is 31.1 Å². The van der Waals surface area contributed by atoms with Crippen molar-refractivity contribution in [2.45, 2.75) is 11.2 Å². The minimum absolute atomic E-state index is 0.0997. The molecule has 1 amide bonds. The first kappa shape index (κ1) is 22.5. The molecule has 178 valence electrons. The van der Waals surface area contributed by atoms with Crippen LogP contribution in [0.1, 0.15) is 0 Å². The van der Waals surface area contributed by atoms with E-state index >= 15 is 0 Å². The molecular weight excluding hydrogens is 468 g/mol. The van der Waals surface area contributed by atoms with Gasteiger partial charge in [0.25, 0.3) is 5.91 Å². The number of nitrogens with one attached hydrogen (secondary N) is 2. The van der Waals surface area contributed by atoms with E-state index in [1.165, 1.54) is 22.5 Å². The Morgan fingerprint density at radius 1 is 0.971 bits per heavy atom. The van der Waals surface area contributed by atoms with Crippen molar-refractivity contribution in [3.05, 3.63) is 60.7 Å². The third kappa shape index (κ3) is 4.54. The third-order valence-corrected chi connectivity index (χ3v) is 7.78. The van der Waals surface area contributed by atoms with Gasteiger partial charge in [-0.05, 0) is 35.0 Å². The van der Waals surface area contributed by atoms with Crippen LogP contribution in [0.15, 0.2) is 65.6 Å². The van der Waals surface area contributed by atoms with Crippen LogP contribution in [0.5, 0.6) is 11.5 Å². The minimum Gasteiger partial charge on any atom is -0.395 e. The molecule has 1 fully saturated rings. The molecule has 0 spiro atoms. The molecule has 1 saturated heterocycles. The number of benzene rings is 3. The zero-order chi connectivity index (χ0) is 23.9. The number of halogens is 2. The van der Waals surface area contributed by atoms with Gasteiger partial charge in [-0.3, -0.25) is 4.79 Å². The second-order valence-electron chi connectivity index (χ2n) is 8.22. The number of quaternary nitrogens is 1. The van der Waals surface area contributed by atoms with Gasteiger partial charge in [-0.2, -0.15) is 4.31 Å². The second-order valence-corrected chi connectivity index (χ2v) is 10.2. The molecule has 0 aromatic heterocycles. The molecule has 0 saturated carbocycles. The Balaban J connectivity index is 1.17. The first-order valence-electron chi connectivity index (χ1n) is 10.7. The van der Waals surface area contributed by atoms with Crippen molar-refractivity contribution >= 4 is 32.4 Å². The highest BCUT2D eigenvalue weighted by Gasteiger charge is 2.43. The normalized spacial score (nSPS) is 18.2. The molecule has 2 aliphatic rings. The lowest BCUT2D eigenvalue weighted by Crippen LogP contribution is -3.15. The lowest BCUT2D eigenvalue weighted by molar-refractivity contribution is -0.895. The second kappa shape index (κ2) is 8.49. The van der Waals surface area contributed by atoms with E-state index in [-0.39, 0.29) is 41.9 Å². The van der Waals surface area contributed by atoms with E-state index in [1.807, 2.05) is 24.3 Å². The van der Waals surface area contributed by atoms with Gasteiger partial charge in [0.2, 0.25) is 10.0 Å². The maximum atomic E-state index is 13.2. The summed E-state index contributed by atoms with van der Waals surface area (Å²) in [7, 11) is -3.64. The van der Waals surface area contributed by atoms with E-state index in [0.29, 0.717) is 18.8 Å². The van der Waals surface area contributed by atoms with E-state index < -0.39 is 16.3 Å². The average Bonchev–Trinajstić information content (AvgIpc) is 3.12. The fourth-order valence-corrected chi connectivity index (χ4v) is 5.63. The van der Waals surface area contributed by atoms with E-state index in [9.17, 15) is 22.0 Å². The number of hydrogen-bond donors (Lipinski definition) is 2. The van der Waals surface area contributed by atoms with Crippen molar-refractivity contribution < 1.29 is 36.4 Å². The number of ether oxygens (including phenoxy) is 2. The largest absolute Gasteiger partial charge is 0.586 e. The van der Waals surface area contributed by atoms with Crippen LogP contribution < -0.4 is 19.7 Å². The Morgan fingerprint density at radius 2 is 1.68 bits per heavy atom. The predicted molar refractivity (Wildman–Crippen MR) is 120 cm³/mol. The van der Waals surface area contributed by atoms with E-state index in [1.54, 1.807) is 18.2 Å². The number of amides is 1. The molecule has 2 heterocycles. The molecule has 0 atom stereocenters.